The molecule has 1 aromatic carbocycles. The predicted molar refractivity (Wildman–Crippen MR) is 117 cm³/mol. The number of hydrogen-bond acceptors (Lipinski definition) is 5. The lowest BCUT2D eigenvalue weighted by molar-refractivity contribution is -0.135. The Morgan fingerprint density at radius 1 is 1.00 bits per heavy atom. The zero-order valence-corrected chi connectivity index (χ0v) is 18.1. The molecule has 0 spiro atoms. The third-order valence-electron chi connectivity index (χ3n) is 6.32. The number of thioether (sulfide) groups is 1. The quantitative estimate of drug-likeness (QED) is 0.542. The number of nitrogens with two attached hydrogens (primary N) is 1. The highest BCUT2D eigenvalue weighted by Crippen LogP contribution is 2.31. The second-order valence-electron chi connectivity index (χ2n) is 8.36. The number of aromatic nitrogens is 3. The van der Waals surface area contributed by atoms with Crippen molar-refractivity contribution in [2.75, 3.05) is 11.6 Å². The van der Waals surface area contributed by atoms with Crippen molar-refractivity contribution in [2.45, 2.75) is 81.4 Å². The molecule has 30 heavy (non-hydrogen) atoms. The Labute approximate surface area is 181 Å². The Hall–Kier alpha value is -2.09. The molecule has 0 saturated heterocycles. The maximum absolute atomic E-state index is 13.3. The van der Waals surface area contributed by atoms with Gasteiger partial charge in [0.15, 0.2) is 5.82 Å². The van der Waals surface area contributed by atoms with Gasteiger partial charge in [0.1, 0.15) is 5.82 Å². The van der Waals surface area contributed by atoms with Crippen LogP contribution in [0.15, 0.2) is 29.4 Å². The average Bonchev–Trinajstić information content (AvgIpc) is 3.15. The van der Waals surface area contributed by atoms with Crippen LogP contribution in [0.25, 0.3) is 11.4 Å². The van der Waals surface area contributed by atoms with E-state index in [-0.39, 0.29) is 11.7 Å². The van der Waals surface area contributed by atoms with Crippen molar-refractivity contribution in [2.24, 2.45) is 0 Å². The van der Waals surface area contributed by atoms with E-state index in [0.29, 0.717) is 34.4 Å². The summed E-state index contributed by atoms with van der Waals surface area (Å²) in [6, 6.07) is 6.73. The second kappa shape index (κ2) is 9.81. The summed E-state index contributed by atoms with van der Waals surface area (Å²) in [6.45, 7) is 0. The predicted octanol–water partition coefficient (Wildman–Crippen LogP) is 4.38. The lowest BCUT2D eigenvalue weighted by atomic mass is 9.88. The Kier molecular flexibility index (Phi) is 6.92. The number of carbonyl (C=O) groups excluding carboxylic acids is 1. The number of amides is 1. The summed E-state index contributed by atoms with van der Waals surface area (Å²) in [5.41, 5.74) is 0.690. The summed E-state index contributed by atoms with van der Waals surface area (Å²) >= 11 is 1.33. The van der Waals surface area contributed by atoms with Gasteiger partial charge in [0.05, 0.1) is 5.75 Å². The zero-order valence-electron chi connectivity index (χ0n) is 17.3. The summed E-state index contributed by atoms with van der Waals surface area (Å²) in [4.78, 5) is 15.5. The molecular formula is C22H30FN5OS. The molecule has 2 aromatic rings. The van der Waals surface area contributed by atoms with Crippen LogP contribution in [0.1, 0.15) is 64.2 Å². The van der Waals surface area contributed by atoms with Crippen molar-refractivity contribution in [3.05, 3.63) is 30.1 Å². The number of hydrogen-bond donors (Lipinski definition) is 1. The lowest BCUT2D eigenvalue weighted by Crippen LogP contribution is -2.49. The fourth-order valence-electron chi connectivity index (χ4n) is 4.80. The molecule has 2 N–H and O–H groups in total. The Morgan fingerprint density at radius 2 is 1.57 bits per heavy atom. The van der Waals surface area contributed by atoms with Gasteiger partial charge in [-0.3, -0.25) is 4.79 Å². The van der Waals surface area contributed by atoms with Crippen molar-refractivity contribution >= 4 is 17.7 Å². The van der Waals surface area contributed by atoms with E-state index in [0.717, 1.165) is 25.7 Å². The topological polar surface area (TPSA) is 77.0 Å². The van der Waals surface area contributed by atoms with Crippen LogP contribution in [0.2, 0.25) is 0 Å². The van der Waals surface area contributed by atoms with Crippen LogP contribution in [0.3, 0.4) is 0 Å². The molecule has 2 aliphatic carbocycles. The molecule has 0 unspecified atom stereocenters. The third-order valence-corrected chi connectivity index (χ3v) is 7.24. The van der Waals surface area contributed by atoms with E-state index in [1.807, 2.05) is 0 Å². The first kappa shape index (κ1) is 21.2. The fourth-order valence-corrected chi connectivity index (χ4v) is 5.52. The van der Waals surface area contributed by atoms with E-state index in [9.17, 15) is 9.18 Å². The van der Waals surface area contributed by atoms with Gasteiger partial charge in [-0.15, -0.1) is 10.2 Å². The fraction of sp³-hybridized carbons (Fsp3) is 0.591. The van der Waals surface area contributed by atoms with Crippen molar-refractivity contribution in [1.29, 1.82) is 0 Å². The first-order valence-corrected chi connectivity index (χ1v) is 12.0. The van der Waals surface area contributed by atoms with Gasteiger partial charge in [-0.1, -0.05) is 50.3 Å². The molecule has 1 amide bonds. The zero-order chi connectivity index (χ0) is 20.9. The van der Waals surface area contributed by atoms with Crippen molar-refractivity contribution in [3.8, 4) is 11.4 Å². The van der Waals surface area contributed by atoms with Crippen LogP contribution >= 0.6 is 11.8 Å². The number of carbonyl (C=O) groups is 1. The minimum Gasteiger partial charge on any atom is -0.336 e. The maximum atomic E-state index is 13.3. The van der Waals surface area contributed by atoms with Gasteiger partial charge in [-0.25, -0.2) is 9.07 Å². The van der Waals surface area contributed by atoms with Crippen LogP contribution in [0.5, 0.6) is 0 Å². The summed E-state index contributed by atoms with van der Waals surface area (Å²) in [7, 11) is 0. The highest BCUT2D eigenvalue weighted by atomic mass is 32.2. The molecule has 162 valence electrons. The lowest BCUT2D eigenvalue weighted by Gasteiger charge is -2.41. The van der Waals surface area contributed by atoms with Crippen molar-refractivity contribution in [1.82, 2.24) is 19.8 Å². The van der Waals surface area contributed by atoms with Gasteiger partial charge in [-0.2, -0.15) is 0 Å². The van der Waals surface area contributed by atoms with Crippen LogP contribution in [-0.4, -0.2) is 43.5 Å². The molecule has 2 aliphatic rings. The van der Waals surface area contributed by atoms with E-state index >= 15 is 0 Å². The first-order valence-electron chi connectivity index (χ1n) is 11.0. The van der Waals surface area contributed by atoms with Gasteiger partial charge in [-0.05, 0) is 49.9 Å². The van der Waals surface area contributed by atoms with E-state index in [1.54, 1.807) is 12.1 Å². The summed E-state index contributed by atoms with van der Waals surface area (Å²) in [5.74, 6) is 6.82. The standard InChI is InChI=1S/C22H30FN5OS/c23-17-13-11-16(12-14-17)21-25-26-22(28(21)24)30-15-20(29)27(18-7-3-1-4-8-18)19-9-5-2-6-10-19/h11-14,18-19H,1-10,15,24H2. The van der Waals surface area contributed by atoms with Crippen LogP contribution in [0.4, 0.5) is 4.39 Å². The molecule has 4 rings (SSSR count). The second-order valence-corrected chi connectivity index (χ2v) is 9.30. The maximum Gasteiger partial charge on any atom is 0.233 e. The molecule has 2 saturated carbocycles. The molecule has 0 radical (unpaired) electrons. The highest BCUT2D eigenvalue weighted by molar-refractivity contribution is 7.99. The van der Waals surface area contributed by atoms with Crippen molar-refractivity contribution in [3.63, 3.8) is 0 Å². The normalized spacial score (nSPS) is 18.4. The molecule has 1 aromatic heterocycles. The Morgan fingerprint density at radius 3 is 2.13 bits per heavy atom. The van der Waals surface area contributed by atoms with Crippen LogP contribution in [-0.2, 0) is 4.79 Å². The molecule has 0 bridgehead atoms. The van der Waals surface area contributed by atoms with Crippen molar-refractivity contribution < 1.29 is 9.18 Å². The van der Waals surface area contributed by atoms with Crippen LogP contribution in [0, 0.1) is 5.82 Å². The largest absolute Gasteiger partial charge is 0.336 e. The Bertz CT molecular complexity index is 826. The van der Waals surface area contributed by atoms with Gasteiger partial charge in [0.25, 0.3) is 0 Å². The molecule has 6 nitrogen and oxygen atoms in total. The summed E-state index contributed by atoms with van der Waals surface area (Å²) < 4.78 is 14.6. The van der Waals surface area contributed by atoms with Gasteiger partial charge >= 0.3 is 0 Å². The van der Waals surface area contributed by atoms with E-state index in [1.165, 1.54) is 67.1 Å². The third kappa shape index (κ3) is 4.79. The number of halogens is 1. The number of benzene rings is 1. The average molecular weight is 432 g/mol. The van der Waals surface area contributed by atoms with E-state index in [4.69, 9.17) is 5.84 Å². The molecule has 0 atom stereocenters. The van der Waals surface area contributed by atoms with E-state index < -0.39 is 0 Å². The minimum absolute atomic E-state index is 0.185. The minimum atomic E-state index is -0.312. The molecular weight excluding hydrogens is 401 g/mol. The number of nitrogens with zero attached hydrogens (tertiary/aromatic N) is 4. The smallest absolute Gasteiger partial charge is 0.233 e. The van der Waals surface area contributed by atoms with Gasteiger partial charge in [0.2, 0.25) is 11.1 Å². The number of nitrogen functional groups attached to an aromatic ring is 1. The number of rotatable bonds is 6. The summed E-state index contributed by atoms with van der Waals surface area (Å²) in [5, 5.41) is 8.79. The molecule has 1 heterocycles. The monoisotopic (exact) mass is 431 g/mol. The molecule has 2 fully saturated rings. The van der Waals surface area contributed by atoms with Gasteiger partial charge in [0, 0.05) is 17.6 Å². The summed E-state index contributed by atoms with van der Waals surface area (Å²) in [6.07, 6.45) is 11.9. The SMILES string of the molecule is Nn1c(SCC(=O)N(C2CCCCC2)C2CCCCC2)nnc1-c1ccc(F)cc1. The highest BCUT2D eigenvalue weighted by Gasteiger charge is 2.32. The molecule has 0 aliphatic heterocycles. The first-order chi connectivity index (χ1) is 14.6. The Balaban J connectivity index is 1.44. The van der Waals surface area contributed by atoms with Gasteiger partial charge < -0.3 is 10.7 Å². The molecule has 8 heteroatoms. The van der Waals surface area contributed by atoms with E-state index in [2.05, 4.69) is 15.1 Å². The van der Waals surface area contributed by atoms with Crippen LogP contribution < -0.4 is 5.84 Å².